The van der Waals surface area contributed by atoms with Crippen molar-refractivity contribution in [2.45, 2.75) is 25.2 Å². The molecule has 0 bridgehead atoms. The Hall–Kier alpha value is -2.47. The molecule has 1 aliphatic rings. The van der Waals surface area contributed by atoms with Crippen molar-refractivity contribution in [1.29, 1.82) is 0 Å². The summed E-state index contributed by atoms with van der Waals surface area (Å²) in [7, 11) is 1.88. The number of aromatic nitrogens is 4. The Kier molecular flexibility index (Phi) is 4.59. The molecule has 1 atom stereocenters. The van der Waals surface area contributed by atoms with Gasteiger partial charge in [0, 0.05) is 43.5 Å². The largest absolute Gasteiger partial charge is 0.342 e. The van der Waals surface area contributed by atoms with Crippen molar-refractivity contribution in [2.75, 3.05) is 13.1 Å². The van der Waals surface area contributed by atoms with Gasteiger partial charge >= 0.3 is 0 Å². The molecule has 0 N–H and O–H groups in total. The molecule has 7 heteroatoms. The molecule has 1 amide bonds. The Bertz CT molecular complexity index is 954. The van der Waals surface area contributed by atoms with Crippen molar-refractivity contribution in [2.24, 2.45) is 7.05 Å². The second-order valence-corrected chi connectivity index (χ2v) is 7.16. The highest BCUT2D eigenvalue weighted by Gasteiger charge is 2.28. The van der Waals surface area contributed by atoms with E-state index in [1.807, 2.05) is 36.2 Å². The number of amides is 1. The zero-order valence-corrected chi connectivity index (χ0v) is 15.4. The summed E-state index contributed by atoms with van der Waals surface area (Å²) in [4.78, 5) is 23.5. The van der Waals surface area contributed by atoms with Crippen LogP contribution in [0.1, 0.15) is 30.0 Å². The highest BCUT2D eigenvalue weighted by Crippen LogP contribution is 2.30. The van der Waals surface area contributed by atoms with Gasteiger partial charge in [-0.05, 0) is 30.5 Å². The summed E-state index contributed by atoms with van der Waals surface area (Å²) in [5, 5.41) is 5.30. The standard InChI is InChI=1S/C19H20ClN5O/c1-24-19-18(21-7-8-22-19)17(23-24)14-5-3-9-25(12-14)16(26)11-13-4-2-6-15(20)10-13/h2,4,6-8,10,14H,3,5,9,11-12H2,1H3/t14-/m0/s1. The van der Waals surface area contributed by atoms with Gasteiger partial charge < -0.3 is 4.90 Å². The molecule has 6 nitrogen and oxygen atoms in total. The van der Waals surface area contributed by atoms with Crippen molar-refractivity contribution < 1.29 is 4.79 Å². The minimum atomic E-state index is 0.128. The van der Waals surface area contributed by atoms with E-state index in [9.17, 15) is 4.79 Å². The van der Waals surface area contributed by atoms with E-state index in [1.54, 1.807) is 17.1 Å². The normalized spacial score (nSPS) is 17.6. The van der Waals surface area contributed by atoms with E-state index in [1.165, 1.54) is 0 Å². The number of hydrogen-bond acceptors (Lipinski definition) is 4. The average molecular weight is 370 g/mol. The lowest BCUT2D eigenvalue weighted by Crippen LogP contribution is -2.40. The summed E-state index contributed by atoms with van der Waals surface area (Å²) in [5.41, 5.74) is 3.50. The summed E-state index contributed by atoms with van der Waals surface area (Å²) in [5.74, 6) is 0.316. The summed E-state index contributed by atoms with van der Waals surface area (Å²) in [6.45, 7) is 1.45. The van der Waals surface area contributed by atoms with E-state index in [-0.39, 0.29) is 11.8 Å². The van der Waals surface area contributed by atoms with Gasteiger partial charge in [-0.15, -0.1) is 0 Å². The molecule has 3 aromatic rings. The van der Waals surface area contributed by atoms with Crippen molar-refractivity contribution in [3.05, 3.63) is 52.9 Å². The molecule has 1 saturated heterocycles. The van der Waals surface area contributed by atoms with Crippen LogP contribution in [0.5, 0.6) is 0 Å². The van der Waals surface area contributed by atoms with Crippen LogP contribution in [-0.4, -0.2) is 43.6 Å². The zero-order chi connectivity index (χ0) is 18.1. The number of nitrogens with zero attached hydrogens (tertiary/aromatic N) is 5. The smallest absolute Gasteiger partial charge is 0.227 e. The van der Waals surface area contributed by atoms with E-state index in [0.29, 0.717) is 18.0 Å². The Labute approximate surface area is 156 Å². The van der Waals surface area contributed by atoms with E-state index in [4.69, 9.17) is 11.6 Å². The van der Waals surface area contributed by atoms with Crippen LogP contribution in [0.4, 0.5) is 0 Å². The number of likely N-dealkylation sites (tertiary alicyclic amines) is 1. The first-order chi connectivity index (χ1) is 12.6. The number of aryl methyl sites for hydroxylation is 1. The quantitative estimate of drug-likeness (QED) is 0.712. The van der Waals surface area contributed by atoms with Crippen molar-refractivity contribution in [3.8, 4) is 0 Å². The minimum absolute atomic E-state index is 0.128. The second kappa shape index (κ2) is 7.03. The molecule has 4 rings (SSSR count). The van der Waals surface area contributed by atoms with Gasteiger partial charge in [-0.3, -0.25) is 4.79 Å². The maximum absolute atomic E-state index is 12.8. The van der Waals surface area contributed by atoms with Crippen LogP contribution in [0, 0.1) is 0 Å². The topological polar surface area (TPSA) is 63.9 Å². The first-order valence-corrected chi connectivity index (χ1v) is 9.15. The third-order valence-electron chi connectivity index (χ3n) is 4.89. The van der Waals surface area contributed by atoms with Crippen LogP contribution >= 0.6 is 11.6 Å². The van der Waals surface area contributed by atoms with Gasteiger partial charge in [0.15, 0.2) is 5.65 Å². The monoisotopic (exact) mass is 369 g/mol. The van der Waals surface area contributed by atoms with Crippen molar-refractivity contribution >= 4 is 28.7 Å². The molecule has 1 aliphatic heterocycles. The molecule has 0 radical (unpaired) electrons. The van der Waals surface area contributed by atoms with Crippen molar-refractivity contribution in [1.82, 2.24) is 24.6 Å². The molecular weight excluding hydrogens is 350 g/mol. The number of piperidine rings is 1. The Morgan fingerprint density at radius 2 is 2.15 bits per heavy atom. The van der Waals surface area contributed by atoms with E-state index in [0.717, 1.165) is 41.8 Å². The third kappa shape index (κ3) is 3.29. The summed E-state index contributed by atoms with van der Waals surface area (Å²) >= 11 is 6.03. The van der Waals surface area contributed by atoms with Gasteiger partial charge in [-0.25, -0.2) is 14.6 Å². The van der Waals surface area contributed by atoms with Gasteiger partial charge in [-0.1, -0.05) is 23.7 Å². The lowest BCUT2D eigenvalue weighted by atomic mass is 9.94. The van der Waals surface area contributed by atoms with E-state index >= 15 is 0 Å². The number of halogens is 1. The van der Waals surface area contributed by atoms with Crippen LogP contribution in [0.2, 0.25) is 5.02 Å². The van der Waals surface area contributed by atoms with E-state index in [2.05, 4.69) is 15.1 Å². The molecule has 0 saturated carbocycles. The number of benzene rings is 1. The molecule has 26 heavy (non-hydrogen) atoms. The summed E-state index contributed by atoms with van der Waals surface area (Å²) in [6.07, 6.45) is 5.71. The average Bonchev–Trinajstić information content (AvgIpc) is 2.99. The molecule has 1 aromatic carbocycles. The van der Waals surface area contributed by atoms with Gasteiger partial charge in [0.05, 0.1) is 12.1 Å². The molecule has 3 heterocycles. The second-order valence-electron chi connectivity index (χ2n) is 6.72. The minimum Gasteiger partial charge on any atom is -0.342 e. The lowest BCUT2D eigenvalue weighted by molar-refractivity contribution is -0.131. The molecular formula is C19H20ClN5O. The fraction of sp³-hybridized carbons (Fsp3) is 0.368. The number of rotatable bonds is 3. The van der Waals surface area contributed by atoms with Crippen LogP contribution in [0.15, 0.2) is 36.7 Å². The molecule has 0 aliphatic carbocycles. The summed E-state index contributed by atoms with van der Waals surface area (Å²) < 4.78 is 1.77. The number of carbonyl (C=O) groups excluding carboxylic acids is 1. The third-order valence-corrected chi connectivity index (χ3v) is 5.13. The molecule has 0 unspecified atom stereocenters. The molecule has 2 aromatic heterocycles. The van der Waals surface area contributed by atoms with Crippen LogP contribution in [-0.2, 0) is 18.3 Å². The van der Waals surface area contributed by atoms with Gasteiger partial charge in [0.1, 0.15) is 5.52 Å². The van der Waals surface area contributed by atoms with Gasteiger partial charge in [-0.2, -0.15) is 5.10 Å². The number of fused-ring (bicyclic) bond motifs is 1. The molecule has 0 spiro atoms. The Balaban J connectivity index is 1.53. The predicted molar refractivity (Wildman–Crippen MR) is 100 cm³/mol. The van der Waals surface area contributed by atoms with E-state index < -0.39 is 0 Å². The predicted octanol–water partition coefficient (Wildman–Crippen LogP) is 2.97. The maximum Gasteiger partial charge on any atom is 0.227 e. The Morgan fingerprint density at radius 1 is 1.31 bits per heavy atom. The van der Waals surface area contributed by atoms with Crippen molar-refractivity contribution in [3.63, 3.8) is 0 Å². The van der Waals surface area contributed by atoms with Crippen LogP contribution < -0.4 is 0 Å². The highest BCUT2D eigenvalue weighted by molar-refractivity contribution is 6.30. The first-order valence-electron chi connectivity index (χ1n) is 8.77. The fourth-order valence-electron chi connectivity index (χ4n) is 3.64. The lowest BCUT2D eigenvalue weighted by Gasteiger charge is -2.32. The summed E-state index contributed by atoms with van der Waals surface area (Å²) in [6, 6.07) is 7.48. The van der Waals surface area contributed by atoms with Crippen LogP contribution in [0.25, 0.3) is 11.2 Å². The fourth-order valence-corrected chi connectivity index (χ4v) is 3.85. The zero-order valence-electron chi connectivity index (χ0n) is 14.6. The molecule has 134 valence electrons. The van der Waals surface area contributed by atoms with Gasteiger partial charge in [0.25, 0.3) is 0 Å². The number of hydrogen-bond donors (Lipinski definition) is 0. The van der Waals surface area contributed by atoms with Gasteiger partial charge in [0.2, 0.25) is 5.91 Å². The molecule has 1 fully saturated rings. The van der Waals surface area contributed by atoms with Crippen LogP contribution in [0.3, 0.4) is 0 Å². The maximum atomic E-state index is 12.8. The number of carbonyl (C=O) groups is 1. The highest BCUT2D eigenvalue weighted by atomic mass is 35.5. The Morgan fingerprint density at radius 3 is 3.00 bits per heavy atom. The first kappa shape index (κ1) is 17.0. The SMILES string of the molecule is Cn1nc([C@H]2CCCN(C(=O)Cc3cccc(Cl)c3)C2)c2nccnc21.